The third-order valence-electron chi connectivity index (χ3n) is 5.64. The molecule has 0 bridgehead atoms. The fourth-order valence-corrected chi connectivity index (χ4v) is 3.58. The molecule has 35 heavy (non-hydrogen) atoms. The predicted octanol–water partition coefficient (Wildman–Crippen LogP) is -9.20. The molecule has 3 rings (SSSR count). The van der Waals surface area contributed by atoms with Crippen LogP contribution in [0.15, 0.2) is 18.2 Å². The van der Waals surface area contributed by atoms with Gasteiger partial charge in [0.25, 0.3) is 29.1 Å². The fourth-order valence-electron chi connectivity index (χ4n) is 3.58. The SMILES string of the molecule is O=C1CC(O)(c2ccc(OC(O)(O)O)c(OC3(O)C(O)(O)C(O)(O)C(O)(O)C3(O)O)c2)C(O)(O)N1. The average molecular weight is 515 g/mol. The first-order valence-electron chi connectivity index (χ1n) is 9.07. The molecule has 1 aliphatic carbocycles. The first-order valence-corrected chi connectivity index (χ1v) is 9.07. The minimum Gasteiger partial charge on any atom is -0.448 e. The molecule has 1 aliphatic heterocycles. The average Bonchev–Trinajstić information content (AvgIpc) is 2.89. The van der Waals surface area contributed by atoms with Crippen LogP contribution in [0.5, 0.6) is 11.5 Å². The number of amides is 1. The van der Waals surface area contributed by atoms with Gasteiger partial charge in [-0.25, -0.2) is 0 Å². The zero-order valence-corrected chi connectivity index (χ0v) is 16.9. The van der Waals surface area contributed by atoms with Crippen molar-refractivity contribution in [3.63, 3.8) is 0 Å². The number of carbonyl (C=O) groups is 1. The zero-order valence-electron chi connectivity index (χ0n) is 16.9. The van der Waals surface area contributed by atoms with Crippen LogP contribution >= 0.6 is 0 Å². The van der Waals surface area contributed by atoms with E-state index in [0.29, 0.717) is 18.2 Å². The standard InChI is InChI=1S/C16H21NO18/c18-8-4-9(19,15(29,30)17-8)5-1-2-6(35-16(31,32)33)7(3-5)34-14(28)12(24,25)10(20,21)11(22,23)13(14,26)27/h1-3,19-33H,4H2,(H,17,18). The summed E-state index contributed by atoms with van der Waals surface area (Å²) in [7, 11) is 0. The van der Waals surface area contributed by atoms with Gasteiger partial charge in [0.1, 0.15) is 0 Å². The number of ether oxygens (including phenoxy) is 2. The van der Waals surface area contributed by atoms with Crippen molar-refractivity contribution in [1.82, 2.24) is 5.32 Å². The van der Waals surface area contributed by atoms with Crippen LogP contribution in [-0.2, 0) is 10.4 Å². The normalized spacial score (nSPS) is 29.5. The number of rotatable bonds is 5. The molecule has 0 aromatic heterocycles. The van der Waals surface area contributed by atoms with E-state index in [0.717, 1.165) is 0 Å². The third kappa shape index (κ3) is 3.40. The van der Waals surface area contributed by atoms with Crippen LogP contribution in [0.4, 0.5) is 0 Å². The first-order chi connectivity index (χ1) is 15.4. The molecule has 0 radical (unpaired) electrons. The van der Waals surface area contributed by atoms with Crippen LogP contribution in [0.3, 0.4) is 0 Å². The molecule has 1 atom stereocenters. The van der Waals surface area contributed by atoms with E-state index < -0.39 is 76.0 Å². The smallest absolute Gasteiger partial charge is 0.448 e. The molecule has 2 aliphatic rings. The van der Waals surface area contributed by atoms with Gasteiger partial charge >= 0.3 is 11.9 Å². The number of benzene rings is 1. The van der Waals surface area contributed by atoms with E-state index in [1.165, 1.54) is 0 Å². The Morgan fingerprint density at radius 3 is 1.63 bits per heavy atom. The Hall–Kier alpha value is -2.31. The monoisotopic (exact) mass is 515 g/mol. The van der Waals surface area contributed by atoms with E-state index in [9.17, 15) is 66.1 Å². The van der Waals surface area contributed by atoms with Crippen molar-refractivity contribution in [1.29, 1.82) is 0 Å². The summed E-state index contributed by atoms with van der Waals surface area (Å²) in [5, 5.41) is 149. The summed E-state index contributed by atoms with van der Waals surface area (Å²) in [5.74, 6) is -31.1. The van der Waals surface area contributed by atoms with Crippen LogP contribution in [-0.4, -0.2) is 124 Å². The van der Waals surface area contributed by atoms with Gasteiger partial charge < -0.3 is 91.4 Å². The lowest BCUT2D eigenvalue weighted by molar-refractivity contribution is -0.452. The van der Waals surface area contributed by atoms with Gasteiger partial charge in [0.15, 0.2) is 17.1 Å². The maximum Gasteiger partial charge on any atom is 0.453 e. The van der Waals surface area contributed by atoms with Crippen LogP contribution in [0.25, 0.3) is 0 Å². The third-order valence-corrected chi connectivity index (χ3v) is 5.64. The highest BCUT2D eigenvalue weighted by Crippen LogP contribution is 2.55. The number of hydrogen-bond donors (Lipinski definition) is 16. The second kappa shape index (κ2) is 7.13. The number of aliphatic hydroxyl groups is 15. The molecule has 1 aromatic rings. The lowest BCUT2D eigenvalue weighted by Gasteiger charge is -2.39. The van der Waals surface area contributed by atoms with Gasteiger partial charge in [-0.3, -0.25) is 4.79 Å². The van der Waals surface area contributed by atoms with E-state index in [2.05, 4.69) is 9.47 Å². The minimum absolute atomic E-state index is 0.303. The van der Waals surface area contributed by atoms with E-state index in [1.807, 2.05) is 0 Å². The Morgan fingerprint density at radius 2 is 1.23 bits per heavy atom. The minimum atomic E-state index is -4.82. The second-order valence-electron chi connectivity index (χ2n) is 8.03. The lowest BCUT2D eigenvalue weighted by Crippen LogP contribution is -2.70. The molecular weight excluding hydrogens is 494 g/mol. The summed E-state index contributed by atoms with van der Waals surface area (Å²) >= 11 is 0. The predicted molar refractivity (Wildman–Crippen MR) is 94.5 cm³/mol. The van der Waals surface area contributed by atoms with Gasteiger partial charge in [-0.1, -0.05) is 6.07 Å². The Bertz CT molecular complexity index is 1020. The van der Waals surface area contributed by atoms with Gasteiger partial charge in [-0.05, 0) is 17.7 Å². The van der Waals surface area contributed by atoms with E-state index in [-0.39, 0.29) is 0 Å². The molecular formula is C16H21NO18. The Balaban J connectivity index is 2.23. The molecule has 198 valence electrons. The Labute approximate surface area is 191 Å². The van der Waals surface area contributed by atoms with E-state index in [1.54, 1.807) is 5.32 Å². The van der Waals surface area contributed by atoms with Crippen molar-refractivity contribution in [3.05, 3.63) is 23.8 Å². The van der Waals surface area contributed by atoms with Crippen molar-refractivity contribution in [2.75, 3.05) is 0 Å². The molecule has 1 amide bonds. The van der Waals surface area contributed by atoms with Crippen LogP contribution in [0.1, 0.15) is 12.0 Å². The summed E-state index contributed by atoms with van der Waals surface area (Å²) < 4.78 is 8.78. The number of hydrogen-bond acceptors (Lipinski definition) is 18. The topological polar surface area (TPSA) is 351 Å². The summed E-state index contributed by atoms with van der Waals surface area (Å²) in [6.07, 6.45) is -5.12. The quantitative estimate of drug-likeness (QED) is 0.162. The summed E-state index contributed by atoms with van der Waals surface area (Å²) in [4.78, 5) is 11.6. The Morgan fingerprint density at radius 1 is 0.743 bits per heavy atom. The molecule has 2 fully saturated rings. The fraction of sp³-hybridized carbons (Fsp3) is 0.562. The van der Waals surface area contributed by atoms with Gasteiger partial charge in [0.2, 0.25) is 5.91 Å². The van der Waals surface area contributed by atoms with E-state index in [4.69, 9.17) is 15.3 Å². The first kappa shape index (κ1) is 27.3. The van der Waals surface area contributed by atoms with Crippen molar-refractivity contribution in [3.8, 4) is 11.5 Å². The highest BCUT2D eigenvalue weighted by atomic mass is 16.9. The molecule has 1 unspecified atom stereocenters. The van der Waals surface area contributed by atoms with Crippen LogP contribution < -0.4 is 14.8 Å². The van der Waals surface area contributed by atoms with Gasteiger partial charge in [0, 0.05) is 0 Å². The Kier molecular flexibility index (Phi) is 5.56. The highest BCUT2D eigenvalue weighted by Gasteiger charge is 2.93. The van der Waals surface area contributed by atoms with Crippen LogP contribution in [0, 0.1) is 0 Å². The van der Waals surface area contributed by atoms with Crippen molar-refractivity contribution in [2.24, 2.45) is 0 Å². The van der Waals surface area contributed by atoms with Gasteiger partial charge in [0.05, 0.1) is 6.42 Å². The van der Waals surface area contributed by atoms with Crippen molar-refractivity contribution < 1.29 is 90.9 Å². The van der Waals surface area contributed by atoms with Crippen molar-refractivity contribution >= 4 is 5.91 Å². The highest BCUT2D eigenvalue weighted by molar-refractivity contribution is 5.81. The summed E-state index contributed by atoms with van der Waals surface area (Å²) in [6.45, 7) is 0. The maximum atomic E-state index is 11.6. The van der Waals surface area contributed by atoms with Crippen molar-refractivity contribution in [2.45, 2.75) is 53.0 Å². The molecule has 0 spiro atoms. The molecule has 1 saturated carbocycles. The largest absolute Gasteiger partial charge is 0.453 e. The molecule has 19 heteroatoms. The summed E-state index contributed by atoms with van der Waals surface area (Å²) in [5.41, 5.74) is -3.75. The molecule has 16 N–H and O–H groups in total. The van der Waals surface area contributed by atoms with Gasteiger partial charge in [-0.15, -0.1) is 0 Å². The van der Waals surface area contributed by atoms with E-state index >= 15 is 0 Å². The zero-order chi connectivity index (χ0) is 27.3. The van der Waals surface area contributed by atoms with Crippen LogP contribution in [0.2, 0.25) is 0 Å². The molecule has 1 saturated heterocycles. The maximum absolute atomic E-state index is 11.6. The number of nitrogens with one attached hydrogen (secondary N) is 1. The summed E-state index contributed by atoms with van der Waals surface area (Å²) in [6, 6.07) is 1.47. The molecule has 19 nitrogen and oxygen atoms in total. The van der Waals surface area contributed by atoms with Gasteiger partial charge in [-0.2, -0.15) is 0 Å². The number of carbonyl (C=O) groups excluding carboxylic acids is 1. The lowest BCUT2D eigenvalue weighted by atomic mass is 9.89. The second-order valence-corrected chi connectivity index (χ2v) is 8.03. The molecule has 1 heterocycles. The molecule has 1 aromatic carbocycles.